The summed E-state index contributed by atoms with van der Waals surface area (Å²) in [5.41, 5.74) is 0.453. The highest BCUT2D eigenvalue weighted by Gasteiger charge is 2.27. The molecule has 0 atom stereocenters. The second-order valence-corrected chi connectivity index (χ2v) is 4.71. The number of rotatable bonds is 2. The minimum Gasteiger partial charge on any atom is -0.481 e. The average Bonchev–Trinajstić information content (AvgIpc) is 1.93. The normalized spacial score (nSPS) is 23.8. The van der Waals surface area contributed by atoms with Crippen LogP contribution in [-0.2, 0) is 4.79 Å². The van der Waals surface area contributed by atoms with E-state index in [0.29, 0.717) is 17.8 Å². The summed E-state index contributed by atoms with van der Waals surface area (Å²) < 4.78 is 0. The van der Waals surface area contributed by atoms with Crippen molar-refractivity contribution < 1.29 is 9.90 Å². The van der Waals surface area contributed by atoms with Crippen molar-refractivity contribution in [3.05, 3.63) is 0 Å². The van der Waals surface area contributed by atoms with Gasteiger partial charge in [-0.15, -0.1) is 0 Å². The van der Waals surface area contributed by atoms with Crippen molar-refractivity contribution in [1.82, 2.24) is 0 Å². The summed E-state index contributed by atoms with van der Waals surface area (Å²) in [7, 11) is 0. The smallest absolute Gasteiger partial charge is 0.303 e. The molecule has 1 aliphatic rings. The first-order chi connectivity index (χ1) is 5.49. The third-order valence-electron chi connectivity index (χ3n) is 2.92. The molecule has 12 heavy (non-hydrogen) atoms. The van der Waals surface area contributed by atoms with Crippen LogP contribution in [0.3, 0.4) is 0 Å². The average molecular weight is 170 g/mol. The molecule has 0 amide bonds. The molecular weight excluding hydrogens is 152 g/mol. The van der Waals surface area contributed by atoms with Crippen molar-refractivity contribution in [3.63, 3.8) is 0 Å². The van der Waals surface area contributed by atoms with Crippen LogP contribution in [0.5, 0.6) is 0 Å². The van der Waals surface area contributed by atoms with Crippen LogP contribution in [0.25, 0.3) is 0 Å². The maximum absolute atomic E-state index is 10.4. The Hall–Kier alpha value is -0.530. The highest BCUT2D eigenvalue weighted by molar-refractivity contribution is 5.67. The lowest BCUT2D eigenvalue weighted by atomic mass is 9.72. The van der Waals surface area contributed by atoms with E-state index in [-0.39, 0.29) is 0 Å². The van der Waals surface area contributed by atoms with Crippen LogP contribution in [0.2, 0.25) is 0 Å². The lowest BCUT2D eigenvalue weighted by molar-refractivity contribution is -0.138. The molecule has 1 fully saturated rings. The first kappa shape index (κ1) is 9.56. The summed E-state index contributed by atoms with van der Waals surface area (Å²) in [4.78, 5) is 10.4. The molecule has 70 valence electrons. The molecule has 1 saturated carbocycles. The summed E-state index contributed by atoms with van der Waals surface area (Å²) >= 11 is 0. The number of carboxylic acid groups (broad SMARTS) is 1. The maximum Gasteiger partial charge on any atom is 0.303 e. The summed E-state index contributed by atoms with van der Waals surface area (Å²) in [5.74, 6) is -0.199. The minimum absolute atomic E-state index is 0.371. The molecule has 0 aromatic heterocycles. The quantitative estimate of drug-likeness (QED) is 0.691. The van der Waals surface area contributed by atoms with Crippen LogP contribution in [-0.4, -0.2) is 11.1 Å². The van der Waals surface area contributed by atoms with E-state index in [0.717, 1.165) is 12.8 Å². The van der Waals surface area contributed by atoms with Gasteiger partial charge in [0.05, 0.1) is 0 Å². The van der Waals surface area contributed by atoms with Gasteiger partial charge in [-0.25, -0.2) is 0 Å². The van der Waals surface area contributed by atoms with Crippen molar-refractivity contribution in [1.29, 1.82) is 0 Å². The van der Waals surface area contributed by atoms with E-state index in [2.05, 4.69) is 13.8 Å². The summed E-state index contributed by atoms with van der Waals surface area (Å²) in [6, 6.07) is 0. The van der Waals surface area contributed by atoms with Gasteiger partial charge >= 0.3 is 5.97 Å². The van der Waals surface area contributed by atoms with Crippen molar-refractivity contribution in [2.45, 2.75) is 46.0 Å². The molecule has 0 unspecified atom stereocenters. The van der Waals surface area contributed by atoms with Crippen molar-refractivity contribution >= 4 is 5.97 Å². The van der Waals surface area contributed by atoms with Gasteiger partial charge in [-0.1, -0.05) is 13.8 Å². The Morgan fingerprint density at radius 1 is 1.42 bits per heavy atom. The van der Waals surface area contributed by atoms with Crippen LogP contribution in [0.1, 0.15) is 46.0 Å². The fraction of sp³-hybridized carbons (Fsp3) is 0.900. The molecule has 0 radical (unpaired) electrons. The lowest BCUT2D eigenvalue weighted by Gasteiger charge is -2.33. The van der Waals surface area contributed by atoms with Gasteiger partial charge in [0.25, 0.3) is 0 Å². The lowest BCUT2D eigenvalue weighted by Crippen LogP contribution is -2.22. The van der Waals surface area contributed by atoms with Gasteiger partial charge in [-0.05, 0) is 37.0 Å². The Bertz CT molecular complexity index is 163. The molecule has 0 spiro atoms. The van der Waals surface area contributed by atoms with Crippen LogP contribution in [0.15, 0.2) is 0 Å². The molecule has 0 aromatic carbocycles. The van der Waals surface area contributed by atoms with E-state index in [1.807, 2.05) is 0 Å². The van der Waals surface area contributed by atoms with Crippen LogP contribution in [0.4, 0.5) is 0 Å². The molecule has 0 saturated heterocycles. The van der Waals surface area contributed by atoms with Gasteiger partial charge in [-0.3, -0.25) is 4.79 Å². The second-order valence-electron chi connectivity index (χ2n) is 4.71. The Balaban J connectivity index is 2.31. The largest absolute Gasteiger partial charge is 0.481 e. The molecule has 1 rings (SSSR count). The maximum atomic E-state index is 10.4. The molecule has 1 aliphatic carbocycles. The Labute approximate surface area is 74.0 Å². The van der Waals surface area contributed by atoms with Crippen LogP contribution >= 0.6 is 0 Å². The predicted molar refractivity (Wildman–Crippen MR) is 48.0 cm³/mol. The van der Waals surface area contributed by atoms with Crippen molar-refractivity contribution in [2.75, 3.05) is 0 Å². The van der Waals surface area contributed by atoms with E-state index < -0.39 is 5.97 Å². The third-order valence-corrected chi connectivity index (χ3v) is 2.92. The fourth-order valence-corrected chi connectivity index (χ4v) is 1.91. The minimum atomic E-state index is -0.639. The molecule has 0 bridgehead atoms. The summed E-state index contributed by atoms with van der Waals surface area (Å²) in [6.45, 7) is 4.54. The Kier molecular flexibility index (Phi) is 2.76. The van der Waals surface area contributed by atoms with Gasteiger partial charge in [0.1, 0.15) is 0 Å². The molecule has 0 aromatic rings. The van der Waals surface area contributed by atoms with Crippen LogP contribution in [0, 0.1) is 11.3 Å². The Morgan fingerprint density at radius 3 is 2.33 bits per heavy atom. The number of hydrogen-bond acceptors (Lipinski definition) is 1. The highest BCUT2D eigenvalue weighted by atomic mass is 16.4. The van der Waals surface area contributed by atoms with Crippen molar-refractivity contribution in [3.8, 4) is 0 Å². The first-order valence-corrected chi connectivity index (χ1v) is 4.71. The van der Waals surface area contributed by atoms with Gasteiger partial charge in [-0.2, -0.15) is 0 Å². The number of hydrogen-bond donors (Lipinski definition) is 1. The van der Waals surface area contributed by atoms with E-state index in [1.165, 1.54) is 12.8 Å². The zero-order valence-electron chi connectivity index (χ0n) is 7.97. The van der Waals surface area contributed by atoms with Crippen LogP contribution < -0.4 is 0 Å². The molecule has 2 heteroatoms. The topological polar surface area (TPSA) is 37.3 Å². The molecule has 0 heterocycles. The fourth-order valence-electron chi connectivity index (χ4n) is 1.91. The van der Waals surface area contributed by atoms with E-state index >= 15 is 0 Å². The number of carboxylic acids is 1. The van der Waals surface area contributed by atoms with Crippen molar-refractivity contribution in [2.24, 2.45) is 11.3 Å². The molecule has 1 N–H and O–H groups in total. The number of carbonyl (C=O) groups is 1. The molecule has 2 nitrogen and oxygen atoms in total. The zero-order valence-corrected chi connectivity index (χ0v) is 7.97. The third kappa shape index (κ3) is 2.84. The highest BCUT2D eigenvalue weighted by Crippen LogP contribution is 2.38. The van der Waals surface area contributed by atoms with Gasteiger partial charge in [0.2, 0.25) is 0 Å². The first-order valence-electron chi connectivity index (χ1n) is 4.71. The van der Waals surface area contributed by atoms with Gasteiger partial charge < -0.3 is 5.11 Å². The molecular formula is C10H18O2. The van der Waals surface area contributed by atoms with Gasteiger partial charge in [0.15, 0.2) is 0 Å². The monoisotopic (exact) mass is 170 g/mol. The van der Waals surface area contributed by atoms with E-state index in [1.54, 1.807) is 0 Å². The predicted octanol–water partition coefficient (Wildman–Crippen LogP) is 2.68. The molecule has 0 aliphatic heterocycles. The number of aliphatic carboxylic acids is 1. The second kappa shape index (κ2) is 3.46. The standard InChI is InChI=1S/C10H18O2/c1-10(2)5-3-8(4-6-10)7-9(11)12/h8H,3-7H2,1-2H3,(H,11,12). The van der Waals surface area contributed by atoms with Gasteiger partial charge in [0, 0.05) is 6.42 Å². The summed E-state index contributed by atoms with van der Waals surface area (Å²) in [5, 5.41) is 8.60. The SMILES string of the molecule is CC1(C)CCC(CC(=O)O)CC1. The Morgan fingerprint density at radius 2 is 1.92 bits per heavy atom. The van der Waals surface area contributed by atoms with E-state index in [4.69, 9.17) is 5.11 Å². The summed E-state index contributed by atoms with van der Waals surface area (Å²) in [6.07, 6.45) is 4.94. The van der Waals surface area contributed by atoms with E-state index in [9.17, 15) is 4.79 Å². The zero-order chi connectivity index (χ0) is 9.19.